The molecule has 47 heavy (non-hydrogen) atoms. The smallest absolute Gasteiger partial charge is 0.262 e. The number of rotatable bonds is 6. The molecule has 5 heterocycles. The largest absolute Gasteiger partial charge is 0.372 e. The third-order valence-electron chi connectivity index (χ3n) is 10.6. The van der Waals surface area contributed by atoms with E-state index in [0.717, 1.165) is 69.2 Å². The number of benzene rings is 2. The van der Waals surface area contributed by atoms with Crippen LogP contribution in [-0.2, 0) is 9.59 Å². The second-order valence-corrected chi connectivity index (χ2v) is 13.7. The topological polar surface area (TPSA) is 106 Å². The molecule has 0 aliphatic carbocycles. The predicted molar refractivity (Wildman–Crippen MR) is 183 cm³/mol. The molecule has 0 spiro atoms. The number of nitrogens with one attached hydrogen (secondary N) is 1. The van der Waals surface area contributed by atoms with E-state index < -0.39 is 23.8 Å². The number of aliphatic imine (C=N–C) groups is 1. The van der Waals surface area contributed by atoms with Gasteiger partial charge in [-0.1, -0.05) is 12.1 Å². The van der Waals surface area contributed by atoms with E-state index in [1.807, 2.05) is 6.07 Å². The van der Waals surface area contributed by atoms with E-state index in [4.69, 9.17) is 0 Å². The lowest BCUT2D eigenvalue weighted by molar-refractivity contribution is -0.136. The highest BCUT2D eigenvalue weighted by atomic mass is 16.2. The summed E-state index contributed by atoms with van der Waals surface area (Å²) in [5, 5.41) is 2.25. The average molecular weight is 637 g/mol. The van der Waals surface area contributed by atoms with Crippen molar-refractivity contribution in [3.63, 3.8) is 0 Å². The summed E-state index contributed by atoms with van der Waals surface area (Å²) in [6, 6.07) is 13.5. The van der Waals surface area contributed by atoms with Gasteiger partial charge in [-0.05, 0) is 99.3 Å². The quantitative estimate of drug-likeness (QED) is 0.466. The maximum atomic E-state index is 13.3. The fourth-order valence-corrected chi connectivity index (χ4v) is 7.70. The molecule has 10 nitrogen and oxygen atoms in total. The zero-order valence-corrected chi connectivity index (χ0v) is 27.2. The lowest BCUT2D eigenvalue weighted by Gasteiger charge is -2.40. The minimum atomic E-state index is -0.946. The number of allylic oxidation sites excluding steroid dienone is 1. The first-order valence-corrected chi connectivity index (χ1v) is 17.2. The fourth-order valence-electron chi connectivity index (χ4n) is 7.70. The maximum Gasteiger partial charge on any atom is 0.262 e. The zero-order valence-electron chi connectivity index (χ0n) is 27.2. The van der Waals surface area contributed by atoms with Crippen LogP contribution in [0.3, 0.4) is 0 Å². The van der Waals surface area contributed by atoms with Crippen molar-refractivity contribution < 1.29 is 19.2 Å². The highest BCUT2D eigenvalue weighted by Crippen LogP contribution is 2.32. The lowest BCUT2D eigenvalue weighted by Crippen LogP contribution is -2.54. The molecule has 3 fully saturated rings. The van der Waals surface area contributed by atoms with Gasteiger partial charge in [-0.3, -0.25) is 39.3 Å². The molecule has 0 aromatic heterocycles. The Hall–Kier alpha value is -4.31. The molecule has 0 saturated carbocycles. The van der Waals surface area contributed by atoms with Crippen molar-refractivity contribution >= 4 is 46.3 Å². The van der Waals surface area contributed by atoms with E-state index in [2.05, 4.69) is 62.4 Å². The predicted octanol–water partition coefficient (Wildman–Crippen LogP) is 4.50. The number of nitrogens with zero attached hydrogens (tertiary/aromatic N) is 5. The van der Waals surface area contributed by atoms with E-state index in [1.165, 1.54) is 48.2 Å². The molecule has 2 aromatic carbocycles. The number of fused-ring (bicyclic) bond motifs is 1. The molecule has 1 unspecified atom stereocenters. The van der Waals surface area contributed by atoms with E-state index in [0.29, 0.717) is 17.0 Å². The molecule has 1 atom stereocenters. The van der Waals surface area contributed by atoms with Crippen LogP contribution in [0.15, 0.2) is 53.7 Å². The number of amides is 4. The van der Waals surface area contributed by atoms with Gasteiger partial charge in [0.15, 0.2) is 0 Å². The summed E-state index contributed by atoms with van der Waals surface area (Å²) < 4.78 is 0. The summed E-state index contributed by atoms with van der Waals surface area (Å²) in [5.74, 6) is -1.21. The molecule has 7 rings (SSSR count). The standard InChI is InChI=1S/C37H44N6O4/c1-25-4-2-3-5-28(23-38-25)27-6-8-29(9-7-27)41-16-14-26(15-17-41)24-40-18-20-42(21-19-40)30-10-11-31-32(22-30)37(47)43(36(31)46)33-12-13-34(44)39-35(33)45/h6-11,22-23,26,33H,2-5,12-21,24H2,1H3,(H,39,44,45)/b28-23+,38-25+. The summed E-state index contributed by atoms with van der Waals surface area (Å²) in [4.78, 5) is 63.4. The Kier molecular flexibility index (Phi) is 8.94. The van der Waals surface area contributed by atoms with Crippen molar-refractivity contribution in [2.75, 3.05) is 55.6 Å². The monoisotopic (exact) mass is 636 g/mol. The average Bonchev–Trinajstić information content (AvgIpc) is 3.32. The Morgan fingerprint density at radius 3 is 2.17 bits per heavy atom. The van der Waals surface area contributed by atoms with E-state index in [1.54, 1.807) is 12.1 Å². The Morgan fingerprint density at radius 1 is 0.745 bits per heavy atom. The highest BCUT2D eigenvalue weighted by Gasteiger charge is 2.44. The van der Waals surface area contributed by atoms with Crippen LogP contribution < -0.4 is 15.1 Å². The highest BCUT2D eigenvalue weighted by molar-refractivity contribution is 6.23. The van der Waals surface area contributed by atoms with Crippen LogP contribution in [0.25, 0.3) is 5.57 Å². The van der Waals surface area contributed by atoms with Gasteiger partial charge in [-0.25, -0.2) is 0 Å². The van der Waals surface area contributed by atoms with Gasteiger partial charge in [0, 0.05) is 75.5 Å². The molecule has 1 N–H and O–H groups in total. The Labute approximate surface area is 276 Å². The molecular weight excluding hydrogens is 592 g/mol. The number of piperazine rings is 1. The van der Waals surface area contributed by atoms with E-state index >= 15 is 0 Å². The second kappa shape index (κ2) is 13.4. The Balaban J connectivity index is 0.891. The van der Waals surface area contributed by atoms with Crippen LogP contribution in [0.2, 0.25) is 0 Å². The summed E-state index contributed by atoms with van der Waals surface area (Å²) in [7, 11) is 0. The zero-order chi connectivity index (χ0) is 32.5. The van der Waals surface area contributed by atoms with Gasteiger partial charge in [0.1, 0.15) is 6.04 Å². The summed E-state index contributed by atoms with van der Waals surface area (Å²) in [6.45, 7) is 8.99. The molecule has 5 aliphatic heterocycles. The molecule has 0 bridgehead atoms. The van der Waals surface area contributed by atoms with Crippen molar-refractivity contribution in [3.8, 4) is 0 Å². The van der Waals surface area contributed by atoms with Gasteiger partial charge < -0.3 is 9.80 Å². The van der Waals surface area contributed by atoms with Crippen LogP contribution in [0.5, 0.6) is 0 Å². The van der Waals surface area contributed by atoms with Gasteiger partial charge >= 0.3 is 0 Å². The van der Waals surface area contributed by atoms with Crippen molar-refractivity contribution in [2.45, 2.75) is 64.3 Å². The van der Waals surface area contributed by atoms with Gasteiger partial charge in [-0.2, -0.15) is 0 Å². The molecule has 10 heteroatoms. The molecular formula is C37H44N6O4. The molecule has 5 aliphatic rings. The summed E-state index contributed by atoms with van der Waals surface area (Å²) in [6.07, 6.45) is 9.34. The Bertz CT molecular complexity index is 1620. The number of imide groups is 2. The van der Waals surface area contributed by atoms with Crippen LogP contribution >= 0.6 is 0 Å². The number of hydrogen-bond donors (Lipinski definition) is 1. The van der Waals surface area contributed by atoms with E-state index in [9.17, 15) is 19.2 Å². The van der Waals surface area contributed by atoms with Crippen molar-refractivity contribution in [1.29, 1.82) is 0 Å². The number of piperidine rings is 2. The lowest BCUT2D eigenvalue weighted by atomic mass is 9.95. The molecule has 246 valence electrons. The maximum absolute atomic E-state index is 13.3. The number of anilines is 2. The first-order valence-electron chi connectivity index (χ1n) is 17.2. The number of carbonyl (C=O) groups excluding carboxylic acids is 4. The molecule has 3 saturated heterocycles. The van der Waals surface area contributed by atoms with Gasteiger partial charge in [-0.15, -0.1) is 0 Å². The van der Waals surface area contributed by atoms with E-state index in [-0.39, 0.29) is 18.7 Å². The van der Waals surface area contributed by atoms with Crippen molar-refractivity contribution in [1.82, 2.24) is 15.1 Å². The molecule has 2 aromatic rings. The first-order chi connectivity index (χ1) is 22.8. The van der Waals surface area contributed by atoms with Crippen LogP contribution in [0, 0.1) is 5.92 Å². The van der Waals surface area contributed by atoms with Crippen LogP contribution in [-0.4, -0.2) is 91.0 Å². The third-order valence-corrected chi connectivity index (χ3v) is 10.6. The van der Waals surface area contributed by atoms with Crippen LogP contribution in [0.4, 0.5) is 11.4 Å². The van der Waals surface area contributed by atoms with Crippen molar-refractivity contribution in [3.05, 3.63) is 65.4 Å². The molecule has 0 radical (unpaired) electrons. The van der Waals surface area contributed by atoms with Crippen LogP contribution in [0.1, 0.15) is 84.6 Å². The normalized spacial score (nSPS) is 25.5. The summed E-state index contributed by atoms with van der Waals surface area (Å²) >= 11 is 0. The third kappa shape index (κ3) is 6.61. The van der Waals surface area contributed by atoms with Gasteiger partial charge in [0.05, 0.1) is 11.1 Å². The fraction of sp³-hybridized carbons (Fsp3) is 0.486. The minimum absolute atomic E-state index is 0.112. The first kappa shape index (κ1) is 31.3. The number of carbonyl (C=O) groups is 4. The second-order valence-electron chi connectivity index (χ2n) is 13.7. The number of hydrogen-bond acceptors (Lipinski definition) is 8. The SMILES string of the molecule is C/C1=N\C=C(\c2ccc(N3CCC(CN4CCN(c5ccc6c(c5)C(=O)N(C5CCC(=O)NC5=O)C6=O)CC4)CC3)cc2)CCCC1. The Morgan fingerprint density at radius 2 is 1.43 bits per heavy atom. The van der Waals surface area contributed by atoms with Crippen molar-refractivity contribution in [2.24, 2.45) is 10.9 Å². The minimum Gasteiger partial charge on any atom is -0.372 e. The van der Waals surface area contributed by atoms with Gasteiger partial charge in [0.2, 0.25) is 11.8 Å². The molecule has 4 amide bonds. The summed E-state index contributed by atoms with van der Waals surface area (Å²) in [5.41, 5.74) is 6.73. The van der Waals surface area contributed by atoms with Gasteiger partial charge in [0.25, 0.3) is 11.8 Å².